The number of hydrogen-bond donors (Lipinski definition) is 2. The Kier molecular flexibility index (Phi) is 3.09. The summed E-state index contributed by atoms with van der Waals surface area (Å²) in [6.07, 6.45) is 0. The van der Waals surface area contributed by atoms with E-state index in [1.54, 1.807) is 17.4 Å². The summed E-state index contributed by atoms with van der Waals surface area (Å²) in [5.41, 5.74) is 1.85. The minimum atomic E-state index is -0.611. The average Bonchev–Trinajstić information content (AvgIpc) is 2.83. The molecule has 0 saturated heterocycles. The first-order chi connectivity index (χ1) is 9.24. The van der Waals surface area contributed by atoms with Crippen molar-refractivity contribution in [2.75, 3.05) is 5.32 Å². The number of halogens is 1. The SMILES string of the molecule is Oc1ccc(NCc2csc3ccccc23)cc1F. The van der Waals surface area contributed by atoms with E-state index in [9.17, 15) is 4.39 Å². The first-order valence-corrected chi connectivity index (χ1v) is 6.79. The van der Waals surface area contributed by atoms with Gasteiger partial charge in [0.2, 0.25) is 0 Å². The maximum atomic E-state index is 13.2. The van der Waals surface area contributed by atoms with E-state index in [0.29, 0.717) is 12.2 Å². The minimum absolute atomic E-state index is 0.327. The molecule has 0 saturated carbocycles. The summed E-state index contributed by atoms with van der Waals surface area (Å²) in [5, 5.41) is 15.6. The number of benzene rings is 2. The van der Waals surface area contributed by atoms with Gasteiger partial charge in [-0.25, -0.2) is 4.39 Å². The number of anilines is 1. The van der Waals surface area contributed by atoms with Gasteiger partial charge in [-0.3, -0.25) is 0 Å². The number of phenols is 1. The van der Waals surface area contributed by atoms with Crippen molar-refractivity contribution < 1.29 is 9.50 Å². The van der Waals surface area contributed by atoms with Crippen LogP contribution in [0, 0.1) is 5.82 Å². The van der Waals surface area contributed by atoms with Gasteiger partial charge in [-0.05, 0) is 34.5 Å². The van der Waals surface area contributed by atoms with Crippen LogP contribution in [0.1, 0.15) is 5.56 Å². The Labute approximate surface area is 114 Å². The predicted molar refractivity (Wildman–Crippen MR) is 77.2 cm³/mol. The van der Waals surface area contributed by atoms with Gasteiger partial charge < -0.3 is 10.4 Å². The fraction of sp³-hybridized carbons (Fsp3) is 0.0667. The van der Waals surface area contributed by atoms with E-state index in [2.05, 4.69) is 22.8 Å². The lowest BCUT2D eigenvalue weighted by atomic mass is 10.2. The molecule has 0 fully saturated rings. The Morgan fingerprint density at radius 3 is 2.84 bits per heavy atom. The van der Waals surface area contributed by atoms with Crippen LogP contribution in [0.15, 0.2) is 47.8 Å². The van der Waals surface area contributed by atoms with Crippen LogP contribution in [0.4, 0.5) is 10.1 Å². The second-order valence-electron chi connectivity index (χ2n) is 4.28. The van der Waals surface area contributed by atoms with Gasteiger partial charge in [-0.2, -0.15) is 0 Å². The second kappa shape index (κ2) is 4.90. The molecule has 1 aromatic heterocycles. The fourth-order valence-electron chi connectivity index (χ4n) is 1.98. The molecule has 96 valence electrons. The quantitative estimate of drug-likeness (QED) is 0.695. The summed E-state index contributed by atoms with van der Waals surface area (Å²) in [5.74, 6) is -0.938. The van der Waals surface area contributed by atoms with Crippen LogP contribution >= 0.6 is 11.3 Å². The molecule has 4 heteroatoms. The Morgan fingerprint density at radius 1 is 1.16 bits per heavy atom. The Bertz CT molecular complexity index is 723. The molecular formula is C15H12FNOS. The first kappa shape index (κ1) is 12.0. The zero-order valence-corrected chi connectivity index (χ0v) is 10.9. The molecule has 0 atom stereocenters. The summed E-state index contributed by atoms with van der Waals surface area (Å²) in [7, 11) is 0. The molecule has 0 bridgehead atoms. The Morgan fingerprint density at radius 2 is 2.00 bits per heavy atom. The molecule has 0 aliphatic rings. The van der Waals surface area contributed by atoms with E-state index in [-0.39, 0.29) is 5.75 Å². The molecule has 0 radical (unpaired) electrons. The number of hydrogen-bond acceptors (Lipinski definition) is 3. The Hall–Kier alpha value is -2.07. The number of thiophene rings is 1. The highest BCUT2D eigenvalue weighted by atomic mass is 32.1. The largest absolute Gasteiger partial charge is 0.505 e. The van der Waals surface area contributed by atoms with Gasteiger partial charge in [0.05, 0.1) is 0 Å². The van der Waals surface area contributed by atoms with E-state index < -0.39 is 5.82 Å². The van der Waals surface area contributed by atoms with E-state index in [1.807, 2.05) is 12.1 Å². The normalized spacial score (nSPS) is 10.8. The molecule has 2 nitrogen and oxygen atoms in total. The van der Waals surface area contributed by atoms with Gasteiger partial charge in [-0.1, -0.05) is 18.2 Å². The third-order valence-corrected chi connectivity index (χ3v) is 4.00. The van der Waals surface area contributed by atoms with E-state index in [1.165, 1.54) is 27.8 Å². The topological polar surface area (TPSA) is 32.3 Å². The van der Waals surface area contributed by atoms with Crippen molar-refractivity contribution in [1.29, 1.82) is 0 Å². The highest BCUT2D eigenvalue weighted by Crippen LogP contribution is 2.27. The van der Waals surface area contributed by atoms with E-state index in [4.69, 9.17) is 5.11 Å². The second-order valence-corrected chi connectivity index (χ2v) is 5.19. The number of aromatic hydroxyl groups is 1. The van der Waals surface area contributed by atoms with Crippen LogP contribution in [-0.4, -0.2) is 5.11 Å². The van der Waals surface area contributed by atoms with Crippen LogP contribution < -0.4 is 5.32 Å². The fourth-order valence-corrected chi connectivity index (χ4v) is 2.95. The smallest absolute Gasteiger partial charge is 0.166 e. The molecule has 0 unspecified atom stereocenters. The maximum Gasteiger partial charge on any atom is 0.166 e. The van der Waals surface area contributed by atoms with Crippen LogP contribution in [0.5, 0.6) is 5.75 Å². The minimum Gasteiger partial charge on any atom is -0.505 e. The summed E-state index contributed by atoms with van der Waals surface area (Å²) in [6, 6.07) is 12.5. The number of nitrogens with one attached hydrogen (secondary N) is 1. The van der Waals surface area contributed by atoms with Gasteiger partial charge in [0.25, 0.3) is 0 Å². The van der Waals surface area contributed by atoms with Gasteiger partial charge in [0, 0.05) is 23.0 Å². The molecular weight excluding hydrogens is 261 g/mol. The lowest BCUT2D eigenvalue weighted by Gasteiger charge is -2.06. The van der Waals surface area contributed by atoms with Crippen LogP contribution in [0.2, 0.25) is 0 Å². The van der Waals surface area contributed by atoms with Crippen molar-refractivity contribution in [1.82, 2.24) is 0 Å². The van der Waals surface area contributed by atoms with Crippen molar-refractivity contribution in [3.8, 4) is 5.75 Å². The summed E-state index contributed by atoms with van der Waals surface area (Å²) < 4.78 is 14.5. The predicted octanol–water partition coefficient (Wildman–Crippen LogP) is 4.36. The number of phenolic OH excluding ortho intramolecular Hbond substituents is 1. The standard InChI is InChI=1S/C15H12FNOS/c16-13-7-11(5-6-14(13)18)17-8-10-9-19-15-4-2-1-3-12(10)15/h1-7,9,17-18H,8H2. The van der Waals surface area contributed by atoms with E-state index in [0.717, 1.165) is 0 Å². The van der Waals surface area contributed by atoms with Crippen molar-refractivity contribution in [3.05, 3.63) is 59.2 Å². The van der Waals surface area contributed by atoms with Crippen LogP contribution in [-0.2, 0) is 6.54 Å². The van der Waals surface area contributed by atoms with Crippen LogP contribution in [0.3, 0.4) is 0 Å². The third-order valence-electron chi connectivity index (χ3n) is 2.99. The maximum absolute atomic E-state index is 13.2. The van der Waals surface area contributed by atoms with Crippen molar-refractivity contribution in [2.45, 2.75) is 6.54 Å². The van der Waals surface area contributed by atoms with Crippen LogP contribution in [0.25, 0.3) is 10.1 Å². The highest BCUT2D eigenvalue weighted by molar-refractivity contribution is 7.17. The van der Waals surface area contributed by atoms with E-state index >= 15 is 0 Å². The molecule has 3 rings (SSSR count). The molecule has 0 amide bonds. The average molecular weight is 273 g/mol. The monoisotopic (exact) mass is 273 g/mol. The molecule has 0 spiro atoms. The van der Waals surface area contributed by atoms with Gasteiger partial charge in [-0.15, -0.1) is 11.3 Å². The zero-order chi connectivity index (χ0) is 13.2. The van der Waals surface area contributed by atoms with Gasteiger partial charge in [0.1, 0.15) is 0 Å². The number of fused-ring (bicyclic) bond motifs is 1. The van der Waals surface area contributed by atoms with Crippen molar-refractivity contribution >= 4 is 27.1 Å². The summed E-state index contributed by atoms with van der Waals surface area (Å²) >= 11 is 1.70. The third kappa shape index (κ3) is 2.39. The zero-order valence-electron chi connectivity index (χ0n) is 10.1. The first-order valence-electron chi connectivity index (χ1n) is 5.91. The molecule has 0 aliphatic heterocycles. The molecule has 19 heavy (non-hydrogen) atoms. The number of rotatable bonds is 3. The summed E-state index contributed by atoms with van der Waals surface area (Å²) in [4.78, 5) is 0. The Balaban J connectivity index is 1.80. The molecule has 2 N–H and O–H groups in total. The van der Waals surface area contributed by atoms with Gasteiger partial charge >= 0.3 is 0 Å². The van der Waals surface area contributed by atoms with Gasteiger partial charge in [0.15, 0.2) is 11.6 Å². The molecule has 1 heterocycles. The molecule has 0 aliphatic carbocycles. The highest BCUT2D eigenvalue weighted by Gasteiger charge is 2.04. The molecule has 2 aromatic carbocycles. The lowest BCUT2D eigenvalue weighted by Crippen LogP contribution is -1.98. The summed E-state index contributed by atoms with van der Waals surface area (Å²) in [6.45, 7) is 0.633. The molecule has 3 aromatic rings. The lowest BCUT2D eigenvalue weighted by molar-refractivity contribution is 0.432. The van der Waals surface area contributed by atoms with Crippen molar-refractivity contribution in [2.24, 2.45) is 0 Å². The van der Waals surface area contributed by atoms with Crippen molar-refractivity contribution in [3.63, 3.8) is 0 Å².